The van der Waals surface area contributed by atoms with Crippen molar-refractivity contribution in [1.82, 2.24) is 20.2 Å². The van der Waals surface area contributed by atoms with Crippen LogP contribution in [0.3, 0.4) is 0 Å². The summed E-state index contributed by atoms with van der Waals surface area (Å²) >= 11 is 0. The lowest BCUT2D eigenvalue weighted by Crippen LogP contribution is -2.41. The minimum absolute atomic E-state index is 0.115. The van der Waals surface area contributed by atoms with Crippen molar-refractivity contribution in [3.63, 3.8) is 0 Å². The van der Waals surface area contributed by atoms with E-state index in [0.717, 1.165) is 25.2 Å². The summed E-state index contributed by atoms with van der Waals surface area (Å²) in [6.45, 7) is 5.38. The average molecular weight is 266 g/mol. The molecule has 2 amide bonds. The molecular formula is C13H22N4O2. The molecule has 19 heavy (non-hydrogen) atoms. The van der Waals surface area contributed by atoms with Crippen LogP contribution >= 0.6 is 0 Å². The van der Waals surface area contributed by atoms with Crippen molar-refractivity contribution in [3.05, 3.63) is 18.2 Å². The molecule has 2 rings (SSSR count). The number of hydrogen-bond donors (Lipinski definition) is 2. The van der Waals surface area contributed by atoms with E-state index in [1.165, 1.54) is 0 Å². The Hall–Kier alpha value is -1.56. The first-order valence-corrected chi connectivity index (χ1v) is 6.89. The molecule has 106 valence electrons. The monoisotopic (exact) mass is 266 g/mol. The van der Waals surface area contributed by atoms with Crippen LogP contribution in [0.4, 0.5) is 4.79 Å². The Bertz CT molecular complexity index is 405. The van der Waals surface area contributed by atoms with Crippen LogP contribution in [0.25, 0.3) is 0 Å². The van der Waals surface area contributed by atoms with Gasteiger partial charge in [0.05, 0.1) is 6.61 Å². The van der Waals surface area contributed by atoms with Crippen molar-refractivity contribution in [2.45, 2.75) is 26.3 Å². The Kier molecular flexibility index (Phi) is 5.20. The fourth-order valence-electron chi connectivity index (χ4n) is 2.28. The molecule has 1 aromatic heterocycles. The normalized spacial score (nSPS) is 17.8. The van der Waals surface area contributed by atoms with Crippen LogP contribution in [0, 0.1) is 5.92 Å². The van der Waals surface area contributed by atoms with E-state index in [9.17, 15) is 4.79 Å². The number of imidazole rings is 1. The number of nitrogens with one attached hydrogen (secondary N) is 2. The van der Waals surface area contributed by atoms with Crippen molar-refractivity contribution < 1.29 is 9.53 Å². The second kappa shape index (κ2) is 7.13. The van der Waals surface area contributed by atoms with Gasteiger partial charge in [0, 0.05) is 45.1 Å². The molecule has 0 saturated heterocycles. The molecule has 0 spiro atoms. The molecule has 0 radical (unpaired) electrons. The molecular weight excluding hydrogens is 244 g/mol. The zero-order valence-corrected chi connectivity index (χ0v) is 11.4. The minimum Gasteiger partial charge on any atom is -0.380 e. The highest BCUT2D eigenvalue weighted by molar-refractivity contribution is 5.73. The largest absolute Gasteiger partial charge is 0.380 e. The molecule has 0 bridgehead atoms. The van der Waals surface area contributed by atoms with Gasteiger partial charge < -0.3 is 19.9 Å². The van der Waals surface area contributed by atoms with E-state index in [1.54, 1.807) is 0 Å². The number of ether oxygens (including phenoxy) is 1. The average Bonchev–Trinajstić information content (AvgIpc) is 2.89. The highest BCUT2D eigenvalue weighted by Gasteiger charge is 2.18. The summed E-state index contributed by atoms with van der Waals surface area (Å²) in [6.07, 6.45) is 5.91. The lowest BCUT2D eigenvalue weighted by Gasteiger charge is -2.24. The van der Waals surface area contributed by atoms with E-state index in [0.29, 0.717) is 32.2 Å². The van der Waals surface area contributed by atoms with Gasteiger partial charge in [-0.2, -0.15) is 0 Å². The highest BCUT2D eigenvalue weighted by atomic mass is 16.5. The maximum Gasteiger partial charge on any atom is 0.314 e. The third-order valence-corrected chi connectivity index (χ3v) is 3.32. The second-order valence-electron chi connectivity index (χ2n) is 4.73. The number of hydrogen-bond acceptors (Lipinski definition) is 3. The van der Waals surface area contributed by atoms with E-state index < -0.39 is 0 Å². The molecule has 1 aliphatic rings. The summed E-state index contributed by atoms with van der Waals surface area (Å²) < 4.78 is 7.33. The first-order valence-electron chi connectivity index (χ1n) is 6.89. The van der Waals surface area contributed by atoms with Crippen molar-refractivity contribution >= 4 is 6.03 Å². The molecule has 1 aliphatic heterocycles. The lowest BCUT2D eigenvalue weighted by atomic mass is 9.99. The van der Waals surface area contributed by atoms with Crippen LogP contribution in [-0.2, 0) is 17.7 Å². The molecule has 6 heteroatoms. The molecule has 2 N–H and O–H groups in total. The Morgan fingerprint density at radius 3 is 3.32 bits per heavy atom. The van der Waals surface area contributed by atoms with Crippen LogP contribution in [0.15, 0.2) is 12.4 Å². The van der Waals surface area contributed by atoms with Gasteiger partial charge in [-0.3, -0.25) is 0 Å². The zero-order valence-electron chi connectivity index (χ0n) is 11.4. The van der Waals surface area contributed by atoms with Crippen LogP contribution in [0.1, 0.15) is 19.2 Å². The van der Waals surface area contributed by atoms with Crippen LogP contribution in [0.5, 0.6) is 0 Å². The number of nitrogens with zero attached hydrogens (tertiary/aromatic N) is 2. The molecule has 6 nitrogen and oxygen atoms in total. The molecule has 1 unspecified atom stereocenters. The number of aromatic nitrogens is 2. The number of amides is 2. The van der Waals surface area contributed by atoms with Gasteiger partial charge in [0.1, 0.15) is 5.82 Å². The number of aryl methyl sites for hydroxylation is 1. The Morgan fingerprint density at radius 1 is 1.58 bits per heavy atom. The van der Waals surface area contributed by atoms with E-state index in [4.69, 9.17) is 4.74 Å². The third kappa shape index (κ3) is 4.24. The second-order valence-corrected chi connectivity index (χ2v) is 4.73. The fourth-order valence-corrected chi connectivity index (χ4v) is 2.28. The smallest absolute Gasteiger partial charge is 0.314 e. The number of fused-ring (bicyclic) bond motifs is 1. The standard InChI is InChI=1S/C13H22N4O2/c1-2-19-8-6-15-13(18)16-9-11-3-4-12-14-5-7-17(12)10-11/h5,7,11H,2-4,6,8-10H2,1H3,(H2,15,16,18). The van der Waals surface area contributed by atoms with Gasteiger partial charge in [-0.05, 0) is 19.3 Å². The van der Waals surface area contributed by atoms with Gasteiger partial charge in [0.15, 0.2) is 0 Å². The SMILES string of the molecule is CCOCCNC(=O)NCC1CCc2nccn2C1. The van der Waals surface area contributed by atoms with Gasteiger partial charge in [-0.25, -0.2) is 9.78 Å². The topological polar surface area (TPSA) is 68.2 Å². The summed E-state index contributed by atoms with van der Waals surface area (Å²) in [7, 11) is 0. The summed E-state index contributed by atoms with van der Waals surface area (Å²) in [6, 6.07) is -0.115. The lowest BCUT2D eigenvalue weighted by molar-refractivity contribution is 0.149. The Balaban J connectivity index is 1.62. The maximum absolute atomic E-state index is 11.5. The Labute approximate surface area is 113 Å². The van der Waals surface area contributed by atoms with Gasteiger partial charge in [0.25, 0.3) is 0 Å². The van der Waals surface area contributed by atoms with Crippen molar-refractivity contribution in [2.24, 2.45) is 5.92 Å². The van der Waals surface area contributed by atoms with Gasteiger partial charge in [-0.1, -0.05) is 0 Å². The van der Waals surface area contributed by atoms with Crippen molar-refractivity contribution in [3.8, 4) is 0 Å². The number of carbonyl (C=O) groups is 1. The highest BCUT2D eigenvalue weighted by Crippen LogP contribution is 2.17. The van der Waals surface area contributed by atoms with Crippen LogP contribution in [0.2, 0.25) is 0 Å². The molecule has 1 atom stereocenters. The first-order chi connectivity index (χ1) is 9.29. The van der Waals surface area contributed by atoms with Crippen molar-refractivity contribution in [2.75, 3.05) is 26.3 Å². The zero-order chi connectivity index (χ0) is 13.5. The molecule has 1 aromatic rings. The molecule has 2 heterocycles. The summed E-state index contributed by atoms with van der Waals surface area (Å²) in [4.78, 5) is 15.8. The van der Waals surface area contributed by atoms with Gasteiger partial charge in [-0.15, -0.1) is 0 Å². The van der Waals surface area contributed by atoms with E-state index in [2.05, 4.69) is 20.2 Å². The predicted molar refractivity (Wildman–Crippen MR) is 71.9 cm³/mol. The summed E-state index contributed by atoms with van der Waals surface area (Å²) in [5.41, 5.74) is 0. The molecule has 0 aliphatic carbocycles. The molecule has 0 fully saturated rings. The van der Waals surface area contributed by atoms with E-state index in [1.807, 2.05) is 19.3 Å². The Morgan fingerprint density at radius 2 is 2.47 bits per heavy atom. The molecule has 0 aromatic carbocycles. The summed E-state index contributed by atoms with van der Waals surface area (Å²) in [5.74, 6) is 1.64. The van der Waals surface area contributed by atoms with E-state index in [-0.39, 0.29) is 6.03 Å². The quantitative estimate of drug-likeness (QED) is 0.748. The minimum atomic E-state index is -0.115. The molecule has 0 saturated carbocycles. The number of carbonyl (C=O) groups excluding carboxylic acids is 1. The van der Waals surface area contributed by atoms with E-state index >= 15 is 0 Å². The third-order valence-electron chi connectivity index (χ3n) is 3.32. The maximum atomic E-state index is 11.5. The predicted octanol–water partition coefficient (Wildman–Crippen LogP) is 0.781. The number of urea groups is 1. The first kappa shape index (κ1) is 13.9. The van der Waals surface area contributed by atoms with Crippen molar-refractivity contribution in [1.29, 1.82) is 0 Å². The summed E-state index contributed by atoms with van der Waals surface area (Å²) in [5, 5.41) is 5.69. The fraction of sp³-hybridized carbons (Fsp3) is 0.692. The van der Waals surface area contributed by atoms with Crippen LogP contribution in [-0.4, -0.2) is 41.9 Å². The van der Waals surface area contributed by atoms with Crippen LogP contribution < -0.4 is 10.6 Å². The number of rotatable bonds is 6. The van der Waals surface area contributed by atoms with Gasteiger partial charge in [0.2, 0.25) is 0 Å². The van der Waals surface area contributed by atoms with Gasteiger partial charge >= 0.3 is 6.03 Å².